The molecule has 0 radical (unpaired) electrons. The van der Waals surface area contributed by atoms with Gasteiger partial charge >= 0.3 is 0 Å². The summed E-state index contributed by atoms with van der Waals surface area (Å²) >= 11 is 11.9. The van der Waals surface area contributed by atoms with Crippen LogP contribution in [0.15, 0.2) is 66.9 Å². The van der Waals surface area contributed by atoms with Crippen LogP contribution >= 0.6 is 23.2 Å². The Hall–Kier alpha value is -2.80. The Balaban J connectivity index is 1.87. The second-order valence-corrected chi connectivity index (χ2v) is 5.95. The van der Waals surface area contributed by atoms with Gasteiger partial charge in [0.1, 0.15) is 17.6 Å². The van der Waals surface area contributed by atoms with E-state index in [-0.39, 0.29) is 0 Å². The van der Waals surface area contributed by atoms with Crippen molar-refractivity contribution in [1.82, 2.24) is 4.98 Å². The van der Waals surface area contributed by atoms with Gasteiger partial charge in [-0.15, -0.1) is 0 Å². The van der Waals surface area contributed by atoms with E-state index in [0.29, 0.717) is 32.8 Å². The third-order valence-electron chi connectivity index (χ3n) is 3.36. The van der Waals surface area contributed by atoms with Gasteiger partial charge in [0, 0.05) is 12.3 Å². The molecule has 0 aliphatic carbocycles. The van der Waals surface area contributed by atoms with E-state index in [1.54, 1.807) is 36.5 Å². The van der Waals surface area contributed by atoms with Gasteiger partial charge in [-0.2, -0.15) is 5.26 Å². The predicted molar refractivity (Wildman–Crippen MR) is 101 cm³/mol. The van der Waals surface area contributed by atoms with Crippen LogP contribution in [0.4, 0.5) is 0 Å². The highest BCUT2D eigenvalue weighted by Crippen LogP contribution is 2.30. The molecule has 25 heavy (non-hydrogen) atoms. The number of hydrogen-bond acceptors (Lipinski definition) is 3. The van der Waals surface area contributed by atoms with Crippen molar-refractivity contribution in [2.75, 3.05) is 0 Å². The van der Waals surface area contributed by atoms with Gasteiger partial charge in [0.15, 0.2) is 0 Å². The van der Waals surface area contributed by atoms with Gasteiger partial charge in [0.25, 0.3) is 0 Å². The minimum absolute atomic E-state index is 0.428. The van der Waals surface area contributed by atoms with Crippen LogP contribution in [-0.2, 0) is 0 Å². The topological polar surface area (TPSA) is 45.9 Å². The largest absolute Gasteiger partial charge is 0.457 e. The van der Waals surface area contributed by atoms with Crippen LogP contribution in [0.5, 0.6) is 11.5 Å². The normalized spacial score (nSPS) is 11.0. The average Bonchev–Trinajstić information content (AvgIpc) is 2.64. The summed E-state index contributed by atoms with van der Waals surface area (Å²) in [5, 5.41) is 10.3. The van der Waals surface area contributed by atoms with Gasteiger partial charge in [-0.1, -0.05) is 41.4 Å². The molecule has 0 fully saturated rings. The Kier molecular flexibility index (Phi) is 5.35. The zero-order valence-corrected chi connectivity index (χ0v) is 14.5. The summed E-state index contributed by atoms with van der Waals surface area (Å²) in [6.07, 6.45) is 3.42. The van der Waals surface area contributed by atoms with Crippen molar-refractivity contribution < 1.29 is 4.74 Å². The average molecular weight is 367 g/mol. The number of benzene rings is 2. The summed E-state index contributed by atoms with van der Waals surface area (Å²) in [6, 6.07) is 20.1. The highest BCUT2D eigenvalue weighted by molar-refractivity contribution is 6.42. The molecule has 3 nitrogen and oxygen atoms in total. The lowest BCUT2D eigenvalue weighted by atomic mass is 10.1. The van der Waals surface area contributed by atoms with Gasteiger partial charge in [-0.3, -0.25) is 4.98 Å². The highest BCUT2D eigenvalue weighted by Gasteiger charge is 2.05. The Morgan fingerprint density at radius 1 is 0.960 bits per heavy atom. The van der Waals surface area contributed by atoms with E-state index in [1.807, 2.05) is 36.4 Å². The SMILES string of the molecule is N#C/C(=C\c1cccc(Oc2ccc(Cl)c(Cl)c2)c1)c1ccccn1. The van der Waals surface area contributed by atoms with Crippen molar-refractivity contribution in [3.8, 4) is 17.6 Å². The molecule has 3 aromatic rings. The molecule has 1 heterocycles. The molecule has 0 unspecified atom stereocenters. The van der Waals surface area contributed by atoms with Crippen LogP contribution in [0.1, 0.15) is 11.3 Å². The van der Waals surface area contributed by atoms with Crippen molar-refractivity contribution in [3.63, 3.8) is 0 Å². The fourth-order valence-corrected chi connectivity index (χ4v) is 2.48. The minimum Gasteiger partial charge on any atom is -0.457 e. The van der Waals surface area contributed by atoms with E-state index in [1.165, 1.54) is 0 Å². The van der Waals surface area contributed by atoms with Crippen molar-refractivity contribution in [3.05, 3.63) is 88.2 Å². The molecule has 0 aliphatic heterocycles. The predicted octanol–water partition coefficient (Wildman–Crippen LogP) is 6.24. The van der Waals surface area contributed by atoms with E-state index in [0.717, 1.165) is 5.56 Å². The molecule has 0 spiro atoms. The number of hydrogen-bond donors (Lipinski definition) is 0. The molecule has 0 atom stereocenters. The molecule has 5 heteroatoms. The summed E-state index contributed by atoms with van der Waals surface area (Å²) in [6.45, 7) is 0. The third kappa shape index (κ3) is 4.39. The number of allylic oxidation sites excluding steroid dienone is 1. The van der Waals surface area contributed by atoms with Crippen LogP contribution in [-0.4, -0.2) is 4.98 Å². The lowest BCUT2D eigenvalue weighted by molar-refractivity contribution is 0.482. The van der Waals surface area contributed by atoms with E-state index in [2.05, 4.69) is 11.1 Å². The van der Waals surface area contributed by atoms with Gasteiger partial charge in [0.05, 0.1) is 21.3 Å². The summed E-state index contributed by atoms with van der Waals surface area (Å²) in [5.74, 6) is 1.21. The maximum atomic E-state index is 9.39. The quantitative estimate of drug-likeness (QED) is 0.513. The van der Waals surface area contributed by atoms with Crippen molar-refractivity contribution >= 4 is 34.9 Å². The smallest absolute Gasteiger partial charge is 0.129 e. The van der Waals surface area contributed by atoms with Gasteiger partial charge < -0.3 is 4.74 Å². The molecule has 0 saturated carbocycles. The lowest BCUT2D eigenvalue weighted by Crippen LogP contribution is -1.87. The van der Waals surface area contributed by atoms with Gasteiger partial charge in [0.2, 0.25) is 0 Å². The first kappa shape index (κ1) is 17.0. The van der Waals surface area contributed by atoms with Crippen molar-refractivity contribution in [2.24, 2.45) is 0 Å². The second-order valence-electron chi connectivity index (χ2n) is 5.14. The summed E-state index contributed by atoms with van der Waals surface area (Å²) in [4.78, 5) is 4.20. The van der Waals surface area contributed by atoms with E-state index < -0.39 is 0 Å². The molecular formula is C20H12Cl2N2O. The third-order valence-corrected chi connectivity index (χ3v) is 4.10. The number of ether oxygens (including phenoxy) is 1. The number of aromatic nitrogens is 1. The highest BCUT2D eigenvalue weighted by atomic mass is 35.5. The number of nitriles is 1. The zero-order valence-electron chi connectivity index (χ0n) is 13.0. The fourth-order valence-electron chi connectivity index (χ4n) is 2.20. The molecule has 0 aliphatic rings. The molecule has 122 valence electrons. The number of pyridine rings is 1. The van der Waals surface area contributed by atoms with Gasteiger partial charge in [-0.25, -0.2) is 0 Å². The van der Waals surface area contributed by atoms with Crippen LogP contribution < -0.4 is 4.74 Å². The molecule has 0 saturated heterocycles. The Morgan fingerprint density at radius 2 is 1.80 bits per heavy atom. The lowest BCUT2D eigenvalue weighted by Gasteiger charge is -2.07. The summed E-state index contributed by atoms with van der Waals surface area (Å²) < 4.78 is 5.80. The van der Waals surface area contributed by atoms with E-state index in [9.17, 15) is 5.26 Å². The first-order chi connectivity index (χ1) is 12.2. The number of halogens is 2. The van der Waals surface area contributed by atoms with Crippen LogP contribution in [0, 0.1) is 11.3 Å². The maximum Gasteiger partial charge on any atom is 0.129 e. The first-order valence-corrected chi connectivity index (χ1v) is 8.17. The molecule has 0 N–H and O–H groups in total. The Labute approximate surface area is 155 Å². The number of nitrogens with zero attached hydrogens (tertiary/aromatic N) is 2. The molecule has 0 amide bonds. The fraction of sp³-hybridized carbons (Fsp3) is 0. The molecule has 2 aromatic carbocycles. The molecule has 1 aromatic heterocycles. The van der Waals surface area contributed by atoms with E-state index >= 15 is 0 Å². The molecule has 0 bridgehead atoms. The monoisotopic (exact) mass is 366 g/mol. The standard InChI is InChI=1S/C20H12Cl2N2O/c21-18-8-7-17(12-19(18)22)25-16-5-3-4-14(11-16)10-15(13-23)20-6-1-2-9-24-20/h1-12H/b15-10+. The minimum atomic E-state index is 0.428. The Morgan fingerprint density at radius 3 is 2.52 bits per heavy atom. The van der Waals surface area contributed by atoms with Crippen LogP contribution in [0.25, 0.3) is 11.6 Å². The summed E-state index contributed by atoms with van der Waals surface area (Å²) in [7, 11) is 0. The molecule has 3 rings (SSSR count). The maximum absolute atomic E-state index is 9.39. The number of rotatable bonds is 4. The first-order valence-electron chi connectivity index (χ1n) is 7.42. The second kappa shape index (κ2) is 7.85. The zero-order chi connectivity index (χ0) is 17.6. The summed E-state index contributed by atoms with van der Waals surface area (Å²) in [5.41, 5.74) is 1.94. The molecular weight excluding hydrogens is 355 g/mol. The van der Waals surface area contributed by atoms with E-state index in [4.69, 9.17) is 27.9 Å². The van der Waals surface area contributed by atoms with Crippen molar-refractivity contribution in [2.45, 2.75) is 0 Å². The van der Waals surface area contributed by atoms with Crippen molar-refractivity contribution in [1.29, 1.82) is 5.26 Å². The Bertz CT molecular complexity index is 963. The van der Waals surface area contributed by atoms with Crippen LogP contribution in [0.3, 0.4) is 0 Å². The van der Waals surface area contributed by atoms with Gasteiger partial charge in [-0.05, 0) is 48.0 Å². The van der Waals surface area contributed by atoms with Crippen LogP contribution in [0.2, 0.25) is 10.0 Å².